The number of anilines is 1. The van der Waals surface area contributed by atoms with Crippen LogP contribution in [0.25, 0.3) is 11.1 Å². The zero-order chi connectivity index (χ0) is 23.0. The van der Waals surface area contributed by atoms with E-state index in [4.69, 9.17) is 4.74 Å². The zero-order valence-corrected chi connectivity index (χ0v) is 19.6. The van der Waals surface area contributed by atoms with Gasteiger partial charge in [0.15, 0.2) is 0 Å². The van der Waals surface area contributed by atoms with Gasteiger partial charge in [-0.25, -0.2) is 0 Å². The Morgan fingerprint density at radius 3 is 2.70 bits per heavy atom. The lowest BCUT2D eigenvalue weighted by Gasteiger charge is -2.42. The van der Waals surface area contributed by atoms with E-state index >= 15 is 0 Å². The second-order valence-electron chi connectivity index (χ2n) is 9.67. The van der Waals surface area contributed by atoms with Crippen LogP contribution in [0.1, 0.15) is 43.7 Å². The highest BCUT2D eigenvalue weighted by Gasteiger charge is 2.46. The number of rotatable bonds is 5. The minimum absolute atomic E-state index is 0.121. The number of benzene rings is 2. The topological polar surface area (TPSA) is 58.6 Å². The van der Waals surface area contributed by atoms with Crippen LogP contribution in [0.15, 0.2) is 53.6 Å². The van der Waals surface area contributed by atoms with Gasteiger partial charge in [0.05, 0.1) is 18.6 Å². The predicted octanol–water partition coefficient (Wildman–Crippen LogP) is 4.37. The van der Waals surface area contributed by atoms with E-state index in [0.29, 0.717) is 26.0 Å². The average Bonchev–Trinajstić information content (AvgIpc) is 3.16. The number of nitrogens with zero attached hydrogens (tertiary/aromatic N) is 1. The summed E-state index contributed by atoms with van der Waals surface area (Å²) in [6.45, 7) is 6.99. The summed E-state index contributed by atoms with van der Waals surface area (Å²) in [5, 5.41) is 2.95. The third-order valence-electron chi connectivity index (χ3n) is 7.52. The number of hydrogen-bond acceptors (Lipinski definition) is 4. The molecule has 3 heterocycles. The molecule has 0 unspecified atom stereocenters. The number of nitrogens with one attached hydrogen (secondary N) is 1. The van der Waals surface area contributed by atoms with Crippen LogP contribution in [-0.2, 0) is 20.7 Å². The van der Waals surface area contributed by atoms with Crippen molar-refractivity contribution in [3.63, 3.8) is 0 Å². The molecule has 3 aliphatic rings. The summed E-state index contributed by atoms with van der Waals surface area (Å²) in [6, 6.07) is 15.1. The molecule has 1 amide bonds. The molecule has 5 heteroatoms. The standard InChI is InChI=1S/C28H32N2O3/c1-19-15-22(24-6-4-3-5-21(24)8-7-20(2)31)9-10-26(19)30-13-11-28(12-14-30)25-16-27(32)29-17-23(25)18-33-28/h3-6,9-10,15H,7-8,11-14,16-18H2,1-2H3,(H,29,32). The average molecular weight is 445 g/mol. The number of ether oxygens (including phenoxy) is 1. The summed E-state index contributed by atoms with van der Waals surface area (Å²) in [7, 11) is 0. The predicted molar refractivity (Wildman–Crippen MR) is 130 cm³/mol. The van der Waals surface area contributed by atoms with Gasteiger partial charge in [0, 0.05) is 31.7 Å². The molecule has 2 aromatic carbocycles. The van der Waals surface area contributed by atoms with E-state index in [1.54, 1.807) is 6.92 Å². The van der Waals surface area contributed by atoms with E-state index in [1.807, 2.05) is 6.07 Å². The molecule has 0 atom stereocenters. The first-order chi connectivity index (χ1) is 15.9. The number of carbonyl (C=O) groups excluding carboxylic acids is 2. The van der Waals surface area contributed by atoms with Gasteiger partial charge in [0.1, 0.15) is 5.78 Å². The van der Waals surface area contributed by atoms with Crippen LogP contribution in [0.4, 0.5) is 5.69 Å². The molecule has 0 aromatic heterocycles. The van der Waals surface area contributed by atoms with Crippen molar-refractivity contribution in [2.24, 2.45) is 0 Å². The van der Waals surface area contributed by atoms with Crippen molar-refractivity contribution in [2.75, 3.05) is 31.1 Å². The van der Waals surface area contributed by atoms with Gasteiger partial charge in [0.25, 0.3) is 0 Å². The molecule has 3 aliphatic heterocycles. The molecule has 0 saturated carbocycles. The Kier molecular flexibility index (Phi) is 5.83. The van der Waals surface area contributed by atoms with Crippen LogP contribution < -0.4 is 10.2 Å². The lowest BCUT2D eigenvalue weighted by atomic mass is 9.80. The second-order valence-corrected chi connectivity index (χ2v) is 9.67. The van der Waals surface area contributed by atoms with Gasteiger partial charge in [0.2, 0.25) is 5.91 Å². The maximum absolute atomic E-state index is 12.0. The molecule has 1 saturated heterocycles. The highest BCUT2D eigenvalue weighted by molar-refractivity contribution is 5.81. The van der Waals surface area contributed by atoms with E-state index < -0.39 is 0 Å². The van der Waals surface area contributed by atoms with Crippen molar-refractivity contribution in [3.05, 3.63) is 64.7 Å². The van der Waals surface area contributed by atoms with Crippen molar-refractivity contribution in [1.29, 1.82) is 0 Å². The lowest BCUT2D eigenvalue weighted by molar-refractivity contribution is -0.121. The summed E-state index contributed by atoms with van der Waals surface area (Å²) >= 11 is 0. The Morgan fingerprint density at radius 2 is 1.94 bits per heavy atom. The fourth-order valence-electron chi connectivity index (χ4n) is 5.66. The van der Waals surface area contributed by atoms with Gasteiger partial charge in [-0.1, -0.05) is 30.3 Å². The number of fused-ring (bicyclic) bond motifs is 1. The highest BCUT2D eigenvalue weighted by Crippen LogP contribution is 2.44. The van der Waals surface area contributed by atoms with Crippen molar-refractivity contribution in [1.82, 2.24) is 5.32 Å². The van der Waals surface area contributed by atoms with Crippen molar-refractivity contribution >= 4 is 17.4 Å². The first-order valence-electron chi connectivity index (χ1n) is 12.0. The molecule has 5 rings (SSSR count). The lowest BCUT2D eigenvalue weighted by Crippen LogP contribution is -2.47. The summed E-state index contributed by atoms with van der Waals surface area (Å²) in [5.74, 6) is 0.346. The number of hydrogen-bond donors (Lipinski definition) is 1. The molecular weight excluding hydrogens is 412 g/mol. The monoisotopic (exact) mass is 444 g/mol. The fourth-order valence-corrected chi connectivity index (χ4v) is 5.66. The largest absolute Gasteiger partial charge is 0.371 e. The molecule has 0 bridgehead atoms. The molecule has 0 radical (unpaired) electrons. The van der Waals surface area contributed by atoms with Gasteiger partial charge in [-0.05, 0) is 78.6 Å². The van der Waals surface area contributed by atoms with E-state index in [0.717, 1.165) is 32.4 Å². The van der Waals surface area contributed by atoms with Crippen molar-refractivity contribution in [3.8, 4) is 11.1 Å². The Morgan fingerprint density at radius 1 is 1.15 bits per heavy atom. The summed E-state index contributed by atoms with van der Waals surface area (Å²) < 4.78 is 6.30. The van der Waals surface area contributed by atoms with Gasteiger partial charge in [-0.2, -0.15) is 0 Å². The first kappa shape index (κ1) is 21.9. The third kappa shape index (κ3) is 4.22. The molecule has 1 fully saturated rings. The Labute approximate surface area is 195 Å². The SMILES string of the molecule is CC(=O)CCc1ccccc1-c1ccc(N2CCC3(CC2)OCC2=C3CC(=O)NC2)c(C)c1. The Balaban J connectivity index is 1.32. The Hall–Kier alpha value is -2.92. The minimum atomic E-state index is -0.243. The first-order valence-corrected chi connectivity index (χ1v) is 12.0. The normalized spacial score (nSPS) is 19.6. The quantitative estimate of drug-likeness (QED) is 0.696. The smallest absolute Gasteiger partial charge is 0.224 e. The van der Waals surface area contributed by atoms with Crippen LogP contribution in [0.3, 0.4) is 0 Å². The van der Waals surface area contributed by atoms with Crippen LogP contribution in [-0.4, -0.2) is 43.5 Å². The van der Waals surface area contributed by atoms with E-state index in [9.17, 15) is 9.59 Å². The van der Waals surface area contributed by atoms with Gasteiger partial charge >= 0.3 is 0 Å². The van der Waals surface area contributed by atoms with Gasteiger partial charge < -0.3 is 19.7 Å². The number of Topliss-reactive ketones (excluding diaryl/α,β-unsaturated/α-hetero) is 1. The van der Waals surface area contributed by atoms with E-state index in [-0.39, 0.29) is 17.3 Å². The summed E-state index contributed by atoms with van der Waals surface area (Å²) in [4.78, 5) is 25.9. The van der Waals surface area contributed by atoms with E-state index in [2.05, 4.69) is 53.5 Å². The number of amides is 1. The second kappa shape index (κ2) is 8.79. The maximum atomic E-state index is 12.0. The molecule has 0 aliphatic carbocycles. The van der Waals surface area contributed by atoms with Crippen molar-refractivity contribution in [2.45, 2.75) is 51.6 Å². The molecule has 2 aromatic rings. The number of ketones is 1. The van der Waals surface area contributed by atoms with Gasteiger partial charge in [-0.3, -0.25) is 4.79 Å². The number of carbonyl (C=O) groups is 2. The molecular formula is C28H32N2O3. The molecule has 172 valence electrons. The van der Waals surface area contributed by atoms with Crippen molar-refractivity contribution < 1.29 is 14.3 Å². The highest BCUT2D eigenvalue weighted by atomic mass is 16.5. The molecule has 5 nitrogen and oxygen atoms in total. The summed E-state index contributed by atoms with van der Waals surface area (Å²) in [5.41, 5.74) is 8.45. The van der Waals surface area contributed by atoms with Crippen LogP contribution in [0.2, 0.25) is 0 Å². The van der Waals surface area contributed by atoms with Gasteiger partial charge in [-0.15, -0.1) is 0 Å². The molecule has 33 heavy (non-hydrogen) atoms. The molecule has 1 spiro atoms. The van der Waals surface area contributed by atoms with Crippen LogP contribution in [0, 0.1) is 6.92 Å². The number of piperidine rings is 1. The summed E-state index contributed by atoms with van der Waals surface area (Å²) in [6.07, 6.45) is 3.69. The van der Waals surface area contributed by atoms with Crippen LogP contribution in [0.5, 0.6) is 0 Å². The molecule has 1 N–H and O–H groups in total. The van der Waals surface area contributed by atoms with Crippen LogP contribution >= 0.6 is 0 Å². The number of aryl methyl sites for hydroxylation is 2. The Bertz CT molecular complexity index is 1130. The minimum Gasteiger partial charge on any atom is -0.371 e. The zero-order valence-electron chi connectivity index (χ0n) is 19.6. The fraction of sp³-hybridized carbons (Fsp3) is 0.429. The maximum Gasteiger partial charge on any atom is 0.224 e. The third-order valence-corrected chi connectivity index (χ3v) is 7.52. The van der Waals surface area contributed by atoms with E-state index in [1.165, 1.54) is 39.1 Å².